The molecule has 0 aromatic heterocycles. The molecule has 0 heterocycles. The van der Waals surface area contributed by atoms with Gasteiger partial charge in [0.2, 0.25) is 5.91 Å². The Morgan fingerprint density at radius 1 is 0.653 bits per heavy atom. The van der Waals surface area contributed by atoms with Gasteiger partial charge < -0.3 is 30.5 Å². The van der Waals surface area contributed by atoms with E-state index >= 15 is 0 Å². The van der Waals surface area contributed by atoms with Crippen molar-refractivity contribution in [2.24, 2.45) is 11.8 Å². The fraction of sp³-hybridized carbons (Fsp3) is 0.405. The molecule has 3 aromatic carbocycles. The molecule has 3 rings (SSSR count). The van der Waals surface area contributed by atoms with Crippen molar-refractivity contribution in [3.05, 3.63) is 96.1 Å². The Labute approximate surface area is 288 Å². The number of carbonyl (C=O) groups excluding carboxylic acids is 4. The lowest BCUT2D eigenvalue weighted by atomic mass is 9.98. The van der Waals surface area contributed by atoms with Crippen molar-refractivity contribution in [1.29, 1.82) is 0 Å². The molecule has 4 amide bonds. The molecule has 0 aliphatic rings. The number of rotatable bonds is 16. The smallest absolute Gasteiger partial charge is 0.407 e. The monoisotopic (exact) mass is 675 g/mol. The van der Waals surface area contributed by atoms with E-state index in [2.05, 4.69) is 21.4 Å². The van der Waals surface area contributed by atoms with Crippen LogP contribution in [-0.2, 0) is 32.0 Å². The molecular weight excluding hydrogens is 626 g/mol. The van der Waals surface area contributed by atoms with Crippen LogP contribution in [0.1, 0.15) is 38.8 Å². The van der Waals surface area contributed by atoms with Gasteiger partial charge >= 0.3 is 12.2 Å². The third kappa shape index (κ3) is 12.2. The van der Waals surface area contributed by atoms with Gasteiger partial charge in [-0.15, -0.1) is 0 Å². The maximum absolute atomic E-state index is 13.6. The van der Waals surface area contributed by atoms with Crippen molar-refractivity contribution in [3.63, 3.8) is 0 Å². The second kappa shape index (κ2) is 19.2. The fourth-order valence-electron chi connectivity index (χ4n) is 5.25. The Balaban J connectivity index is 1.91. The number of ether oxygens (including phenoxy) is 2. The largest absolute Gasteiger partial charge is 0.453 e. The summed E-state index contributed by atoms with van der Waals surface area (Å²) < 4.78 is 9.44. The van der Waals surface area contributed by atoms with Crippen molar-refractivity contribution in [2.45, 2.75) is 64.9 Å². The second-order valence-corrected chi connectivity index (χ2v) is 12.5. The van der Waals surface area contributed by atoms with E-state index in [1.165, 1.54) is 14.2 Å². The van der Waals surface area contributed by atoms with Crippen LogP contribution < -0.4 is 21.4 Å². The van der Waals surface area contributed by atoms with Crippen LogP contribution in [0, 0.1) is 11.8 Å². The van der Waals surface area contributed by atoms with Gasteiger partial charge in [-0.2, -0.15) is 0 Å². The zero-order valence-electron chi connectivity index (χ0n) is 29.0. The Bertz CT molecular complexity index is 1490. The number of benzene rings is 3. The molecule has 0 fully saturated rings. The molecule has 0 spiro atoms. The number of amides is 4. The molecule has 0 saturated heterocycles. The SMILES string of the molecule is COC(=O)N[C@H](C(=O)NC(Cc1ccccc1)C(O)CN(Cc1ccc(-c2ccccc2)cc1)NC(=O)[C@@H](NC(=O)OC)C(C)C)C(C)C. The molecule has 0 aliphatic heterocycles. The Kier molecular flexibility index (Phi) is 15.1. The van der Waals surface area contributed by atoms with Gasteiger partial charge in [-0.05, 0) is 40.5 Å². The number of nitrogens with zero attached hydrogens (tertiary/aromatic N) is 1. The predicted molar refractivity (Wildman–Crippen MR) is 187 cm³/mol. The van der Waals surface area contributed by atoms with Crippen LogP contribution in [0.15, 0.2) is 84.9 Å². The molecule has 3 aromatic rings. The normalized spacial score (nSPS) is 13.6. The first-order chi connectivity index (χ1) is 23.4. The molecule has 0 saturated carbocycles. The fourth-order valence-corrected chi connectivity index (χ4v) is 5.25. The molecule has 5 N–H and O–H groups in total. The number of aliphatic hydroxyl groups is 1. The van der Waals surface area contributed by atoms with Gasteiger partial charge in [-0.1, -0.05) is 113 Å². The van der Waals surface area contributed by atoms with E-state index in [-0.39, 0.29) is 31.3 Å². The second-order valence-electron chi connectivity index (χ2n) is 12.5. The summed E-state index contributed by atoms with van der Waals surface area (Å²) in [5.74, 6) is -1.55. The standard InChI is InChI=1S/C37H49N5O7/c1-24(2)32(39-36(46)48-5)34(44)38-30(21-26-13-9-7-10-14-26)31(43)23-42(41-35(45)33(25(3)4)40-37(47)49-6)22-27-17-19-29(20-18-27)28-15-11-8-12-16-28/h7-20,24-25,30-33,43H,21-23H2,1-6H3,(H,38,44)(H,39,46)(H,40,47)(H,41,45)/t30?,31?,32-,33-/m0/s1. The molecular formula is C37H49N5O7. The zero-order chi connectivity index (χ0) is 35.9. The number of hydrazine groups is 1. The Hall–Kier alpha value is -4.94. The number of nitrogens with one attached hydrogen (secondary N) is 4. The summed E-state index contributed by atoms with van der Waals surface area (Å²) in [6.45, 7) is 7.27. The van der Waals surface area contributed by atoms with Gasteiger partial charge in [0.1, 0.15) is 12.1 Å². The molecule has 49 heavy (non-hydrogen) atoms. The average Bonchev–Trinajstić information content (AvgIpc) is 3.09. The van der Waals surface area contributed by atoms with E-state index in [1.807, 2.05) is 84.9 Å². The number of aliphatic hydroxyl groups excluding tert-OH is 1. The van der Waals surface area contributed by atoms with Gasteiger partial charge in [0.05, 0.1) is 26.4 Å². The Morgan fingerprint density at radius 3 is 1.65 bits per heavy atom. The minimum Gasteiger partial charge on any atom is -0.453 e. The summed E-state index contributed by atoms with van der Waals surface area (Å²) in [4.78, 5) is 51.1. The van der Waals surface area contributed by atoms with E-state index in [1.54, 1.807) is 32.7 Å². The van der Waals surface area contributed by atoms with Crippen LogP contribution in [0.3, 0.4) is 0 Å². The minimum absolute atomic E-state index is 0.0935. The highest BCUT2D eigenvalue weighted by Gasteiger charge is 2.32. The van der Waals surface area contributed by atoms with Gasteiger partial charge in [0.25, 0.3) is 5.91 Å². The molecule has 12 nitrogen and oxygen atoms in total. The predicted octanol–water partition coefficient (Wildman–Crippen LogP) is 4.04. The van der Waals surface area contributed by atoms with Crippen LogP contribution >= 0.6 is 0 Å². The summed E-state index contributed by atoms with van der Waals surface area (Å²) in [6.07, 6.45) is -2.42. The van der Waals surface area contributed by atoms with Crippen LogP contribution in [0.5, 0.6) is 0 Å². The summed E-state index contributed by atoms with van der Waals surface area (Å²) in [5, 5.41) is 21.4. The van der Waals surface area contributed by atoms with Gasteiger partial charge in [0, 0.05) is 13.1 Å². The zero-order valence-corrected chi connectivity index (χ0v) is 29.0. The summed E-state index contributed by atoms with van der Waals surface area (Å²) in [6, 6.07) is 24.5. The minimum atomic E-state index is -1.19. The maximum Gasteiger partial charge on any atom is 0.407 e. The van der Waals surface area contributed by atoms with E-state index in [4.69, 9.17) is 9.47 Å². The molecule has 4 atom stereocenters. The number of alkyl carbamates (subject to hydrolysis) is 2. The molecule has 0 bridgehead atoms. The van der Waals surface area contributed by atoms with E-state index < -0.39 is 48.2 Å². The van der Waals surface area contributed by atoms with Crippen LogP contribution in [-0.4, -0.2) is 79.1 Å². The first kappa shape index (κ1) is 38.5. The summed E-state index contributed by atoms with van der Waals surface area (Å²) in [7, 11) is 2.44. The molecule has 12 heteroatoms. The summed E-state index contributed by atoms with van der Waals surface area (Å²) >= 11 is 0. The van der Waals surface area contributed by atoms with Crippen molar-refractivity contribution in [2.75, 3.05) is 20.8 Å². The average molecular weight is 676 g/mol. The van der Waals surface area contributed by atoms with Crippen molar-refractivity contribution in [3.8, 4) is 11.1 Å². The molecule has 2 unspecified atom stereocenters. The number of carbonyl (C=O) groups is 4. The number of hydrogen-bond acceptors (Lipinski definition) is 8. The van der Waals surface area contributed by atoms with Crippen molar-refractivity contribution in [1.82, 2.24) is 26.4 Å². The topological polar surface area (TPSA) is 158 Å². The highest BCUT2D eigenvalue weighted by atomic mass is 16.5. The van der Waals surface area contributed by atoms with E-state index in [9.17, 15) is 24.3 Å². The highest BCUT2D eigenvalue weighted by molar-refractivity contribution is 5.86. The highest BCUT2D eigenvalue weighted by Crippen LogP contribution is 2.20. The lowest BCUT2D eigenvalue weighted by Crippen LogP contribution is -2.59. The Morgan fingerprint density at radius 2 is 1.14 bits per heavy atom. The number of methoxy groups -OCH3 is 2. The third-order valence-electron chi connectivity index (χ3n) is 8.02. The first-order valence-electron chi connectivity index (χ1n) is 16.3. The quantitative estimate of drug-likeness (QED) is 0.142. The maximum atomic E-state index is 13.6. The van der Waals surface area contributed by atoms with Gasteiger partial charge in [-0.25, -0.2) is 14.6 Å². The molecule has 264 valence electrons. The summed E-state index contributed by atoms with van der Waals surface area (Å²) in [5.41, 5.74) is 6.67. The van der Waals surface area contributed by atoms with Gasteiger partial charge in [0.15, 0.2) is 0 Å². The van der Waals surface area contributed by atoms with Crippen LogP contribution in [0.25, 0.3) is 11.1 Å². The van der Waals surface area contributed by atoms with E-state index in [0.717, 1.165) is 22.3 Å². The third-order valence-corrected chi connectivity index (χ3v) is 8.02. The van der Waals surface area contributed by atoms with Gasteiger partial charge in [-0.3, -0.25) is 15.0 Å². The number of hydrogen-bond donors (Lipinski definition) is 5. The van der Waals surface area contributed by atoms with Crippen molar-refractivity contribution < 1.29 is 33.8 Å². The van der Waals surface area contributed by atoms with Crippen LogP contribution in [0.4, 0.5) is 9.59 Å². The lowest BCUT2D eigenvalue weighted by molar-refractivity contribution is -0.131. The van der Waals surface area contributed by atoms with Crippen LogP contribution in [0.2, 0.25) is 0 Å². The molecule has 0 aliphatic carbocycles. The van der Waals surface area contributed by atoms with Crippen molar-refractivity contribution >= 4 is 24.0 Å². The molecule has 0 radical (unpaired) electrons. The first-order valence-corrected chi connectivity index (χ1v) is 16.3. The lowest BCUT2D eigenvalue weighted by Gasteiger charge is -2.33. The van der Waals surface area contributed by atoms with E-state index in [0.29, 0.717) is 0 Å².